The van der Waals surface area contributed by atoms with Crippen LogP contribution in [-0.2, 0) is 11.2 Å². The van der Waals surface area contributed by atoms with Gasteiger partial charge in [0, 0.05) is 12.1 Å². The van der Waals surface area contributed by atoms with Gasteiger partial charge in [0.15, 0.2) is 12.2 Å². The van der Waals surface area contributed by atoms with E-state index in [0.717, 1.165) is 17.7 Å². The number of hydrogen-bond acceptors (Lipinski definition) is 3. The Morgan fingerprint density at radius 3 is 2.75 bits per heavy atom. The summed E-state index contributed by atoms with van der Waals surface area (Å²) < 4.78 is 5.08. The van der Waals surface area contributed by atoms with Crippen molar-refractivity contribution in [1.82, 2.24) is 4.98 Å². The summed E-state index contributed by atoms with van der Waals surface area (Å²) in [7, 11) is 0. The highest BCUT2D eigenvalue weighted by Gasteiger charge is 2.14. The van der Waals surface area contributed by atoms with Crippen LogP contribution in [0.5, 0.6) is 0 Å². The predicted octanol–water partition coefficient (Wildman–Crippen LogP) is 3.48. The highest BCUT2D eigenvalue weighted by molar-refractivity contribution is 5.63. The molecule has 0 spiro atoms. The first-order valence-corrected chi connectivity index (χ1v) is 6.55. The number of hydrogen-bond donors (Lipinski definition) is 1. The van der Waals surface area contributed by atoms with Gasteiger partial charge >= 0.3 is 0 Å². The Balaban J connectivity index is 2.32. The van der Waals surface area contributed by atoms with Crippen LogP contribution < -0.4 is 0 Å². The summed E-state index contributed by atoms with van der Waals surface area (Å²) >= 11 is 0. The Labute approximate surface area is 118 Å². The van der Waals surface area contributed by atoms with Crippen molar-refractivity contribution in [3.63, 3.8) is 0 Å². The number of aliphatic imine (C=N–C) groups is 1. The number of ether oxygens (including phenoxy) is 1. The molecule has 2 aromatic rings. The molecule has 4 heteroatoms. The lowest BCUT2D eigenvalue weighted by atomic mass is 10.0. The molecule has 1 heterocycles. The van der Waals surface area contributed by atoms with E-state index < -0.39 is 0 Å². The van der Waals surface area contributed by atoms with Crippen molar-refractivity contribution in [3.05, 3.63) is 52.7 Å². The average molecular weight is 267 g/mol. The molecule has 0 aliphatic carbocycles. The summed E-state index contributed by atoms with van der Waals surface area (Å²) in [5, 5.41) is 9.36. The fourth-order valence-electron chi connectivity index (χ4n) is 2.05. The second kappa shape index (κ2) is 6.58. The molecule has 0 unspecified atom stereocenters. The van der Waals surface area contributed by atoms with E-state index in [4.69, 9.17) is 4.74 Å². The summed E-state index contributed by atoms with van der Waals surface area (Å²) in [4.78, 5) is 7.31. The number of aromatic amines is 1. The van der Waals surface area contributed by atoms with Crippen molar-refractivity contribution in [1.29, 1.82) is 5.26 Å². The highest BCUT2D eigenvalue weighted by Crippen LogP contribution is 2.26. The molecule has 0 aliphatic heterocycles. The van der Waals surface area contributed by atoms with Gasteiger partial charge in [0.2, 0.25) is 0 Å². The molecule has 4 nitrogen and oxygen atoms in total. The lowest BCUT2D eigenvalue weighted by Crippen LogP contribution is -1.91. The van der Waals surface area contributed by atoms with E-state index in [1.165, 1.54) is 12.0 Å². The molecule has 102 valence electrons. The average Bonchev–Trinajstić information content (AvgIpc) is 2.76. The van der Waals surface area contributed by atoms with Crippen molar-refractivity contribution in [3.8, 4) is 6.07 Å². The van der Waals surface area contributed by atoms with Crippen LogP contribution in [0.15, 0.2) is 35.3 Å². The minimum atomic E-state index is 0.557. The standard InChI is InChI=1S/C16H17N3O/c1-3-20-11-18-16-15(10-17)14(12(2)19-16)9-13-7-5-4-6-8-13/h4-8,11,19H,3,9H2,1-2H3/b18-11+. The number of benzene rings is 1. The Kier molecular flexibility index (Phi) is 4.56. The monoisotopic (exact) mass is 267 g/mol. The molecule has 0 atom stereocenters. The molecule has 0 saturated carbocycles. The lowest BCUT2D eigenvalue weighted by molar-refractivity contribution is 0.344. The van der Waals surface area contributed by atoms with Gasteiger partial charge in [-0.3, -0.25) is 0 Å². The summed E-state index contributed by atoms with van der Waals surface area (Å²) in [5.41, 5.74) is 3.71. The van der Waals surface area contributed by atoms with Gasteiger partial charge in [0.05, 0.1) is 6.61 Å². The zero-order valence-electron chi connectivity index (χ0n) is 11.7. The van der Waals surface area contributed by atoms with E-state index in [-0.39, 0.29) is 0 Å². The van der Waals surface area contributed by atoms with Gasteiger partial charge < -0.3 is 9.72 Å². The quantitative estimate of drug-likeness (QED) is 0.666. The van der Waals surface area contributed by atoms with Crippen LogP contribution in [0.4, 0.5) is 5.82 Å². The second-order valence-corrected chi connectivity index (χ2v) is 4.42. The van der Waals surface area contributed by atoms with Gasteiger partial charge in [-0.25, -0.2) is 4.99 Å². The SMILES string of the molecule is CCO/C=N/c1[nH]c(C)c(Cc2ccccc2)c1C#N. The van der Waals surface area contributed by atoms with Crippen molar-refractivity contribution in [2.45, 2.75) is 20.3 Å². The maximum atomic E-state index is 9.36. The predicted molar refractivity (Wildman–Crippen MR) is 79.3 cm³/mol. The lowest BCUT2D eigenvalue weighted by Gasteiger charge is -2.01. The maximum Gasteiger partial charge on any atom is 0.176 e. The largest absolute Gasteiger partial charge is 0.483 e. The van der Waals surface area contributed by atoms with Crippen LogP contribution >= 0.6 is 0 Å². The molecule has 0 fully saturated rings. The first kappa shape index (κ1) is 13.9. The molecule has 0 radical (unpaired) electrons. The summed E-state index contributed by atoms with van der Waals surface area (Å²) in [6.45, 7) is 4.40. The van der Waals surface area contributed by atoms with Crippen LogP contribution in [0.2, 0.25) is 0 Å². The first-order chi connectivity index (χ1) is 9.76. The van der Waals surface area contributed by atoms with E-state index in [2.05, 4.69) is 28.2 Å². The van der Waals surface area contributed by atoms with Crippen molar-refractivity contribution in [2.24, 2.45) is 4.99 Å². The second-order valence-electron chi connectivity index (χ2n) is 4.42. The Morgan fingerprint density at radius 1 is 1.35 bits per heavy atom. The van der Waals surface area contributed by atoms with E-state index in [1.807, 2.05) is 32.0 Å². The summed E-state index contributed by atoms with van der Waals surface area (Å²) in [6, 6.07) is 12.3. The van der Waals surface area contributed by atoms with Crippen LogP contribution in [0.3, 0.4) is 0 Å². The number of nitriles is 1. The molecule has 0 amide bonds. The number of nitrogens with one attached hydrogen (secondary N) is 1. The summed E-state index contributed by atoms with van der Waals surface area (Å²) in [6.07, 6.45) is 2.09. The van der Waals surface area contributed by atoms with Gasteiger partial charge in [-0.1, -0.05) is 30.3 Å². The van der Waals surface area contributed by atoms with Gasteiger partial charge in [-0.15, -0.1) is 0 Å². The number of nitrogens with zero attached hydrogens (tertiary/aromatic N) is 2. The number of H-pyrrole nitrogens is 1. The first-order valence-electron chi connectivity index (χ1n) is 6.55. The molecule has 20 heavy (non-hydrogen) atoms. The minimum absolute atomic E-state index is 0.557. The molecule has 2 rings (SSSR count). The fourth-order valence-corrected chi connectivity index (χ4v) is 2.05. The third-order valence-electron chi connectivity index (χ3n) is 3.06. The normalized spacial score (nSPS) is 10.7. The third kappa shape index (κ3) is 3.07. The molecule has 0 saturated heterocycles. The zero-order valence-corrected chi connectivity index (χ0v) is 11.7. The Morgan fingerprint density at radius 2 is 2.10 bits per heavy atom. The molecule has 0 aliphatic rings. The Hall–Kier alpha value is -2.54. The maximum absolute atomic E-state index is 9.36. The zero-order chi connectivity index (χ0) is 14.4. The van der Waals surface area contributed by atoms with Gasteiger partial charge in [-0.05, 0) is 25.0 Å². The van der Waals surface area contributed by atoms with Crippen LogP contribution in [0, 0.1) is 18.3 Å². The van der Waals surface area contributed by atoms with E-state index >= 15 is 0 Å². The van der Waals surface area contributed by atoms with Gasteiger partial charge in [0.1, 0.15) is 11.6 Å². The Bertz CT molecular complexity index is 636. The van der Waals surface area contributed by atoms with Gasteiger partial charge in [-0.2, -0.15) is 5.26 Å². The van der Waals surface area contributed by atoms with Crippen molar-refractivity contribution in [2.75, 3.05) is 6.61 Å². The van der Waals surface area contributed by atoms with E-state index in [9.17, 15) is 5.26 Å². The smallest absolute Gasteiger partial charge is 0.176 e. The number of aromatic nitrogens is 1. The number of rotatable bonds is 5. The highest BCUT2D eigenvalue weighted by atomic mass is 16.5. The van der Waals surface area contributed by atoms with E-state index in [0.29, 0.717) is 18.0 Å². The molecular weight excluding hydrogens is 250 g/mol. The topological polar surface area (TPSA) is 61.2 Å². The molecule has 1 aromatic heterocycles. The molecule has 1 N–H and O–H groups in total. The molecule has 1 aromatic carbocycles. The van der Waals surface area contributed by atoms with Gasteiger partial charge in [0.25, 0.3) is 0 Å². The summed E-state index contributed by atoms with van der Waals surface area (Å²) in [5.74, 6) is 0.560. The minimum Gasteiger partial charge on any atom is -0.483 e. The third-order valence-corrected chi connectivity index (χ3v) is 3.06. The van der Waals surface area contributed by atoms with Crippen molar-refractivity contribution < 1.29 is 4.74 Å². The van der Waals surface area contributed by atoms with Crippen LogP contribution in [-0.4, -0.2) is 18.0 Å². The fraction of sp³-hybridized carbons (Fsp3) is 0.250. The number of aryl methyl sites for hydroxylation is 1. The van der Waals surface area contributed by atoms with E-state index in [1.54, 1.807) is 0 Å². The molecular formula is C16H17N3O. The molecule has 0 bridgehead atoms. The van der Waals surface area contributed by atoms with Crippen molar-refractivity contribution >= 4 is 12.2 Å². The van der Waals surface area contributed by atoms with Crippen LogP contribution in [0.25, 0.3) is 0 Å². The van der Waals surface area contributed by atoms with Crippen LogP contribution in [0.1, 0.15) is 29.3 Å².